The lowest BCUT2D eigenvalue weighted by Gasteiger charge is -2.37. The van der Waals surface area contributed by atoms with E-state index in [9.17, 15) is 9.18 Å². The maximum Gasteiger partial charge on any atom is 0.226 e. The highest BCUT2D eigenvalue weighted by atomic mass is 35.5. The lowest BCUT2D eigenvalue weighted by molar-refractivity contribution is -0.134. The predicted molar refractivity (Wildman–Crippen MR) is 112 cm³/mol. The molecule has 1 amide bonds. The molecule has 1 aliphatic heterocycles. The minimum atomic E-state index is -0.333. The summed E-state index contributed by atoms with van der Waals surface area (Å²) in [5.74, 6) is 2.24. The summed E-state index contributed by atoms with van der Waals surface area (Å²) < 4.78 is 14.1. The van der Waals surface area contributed by atoms with Gasteiger partial charge in [0.1, 0.15) is 5.82 Å². The molecule has 28 heavy (non-hydrogen) atoms. The third-order valence-electron chi connectivity index (χ3n) is 5.34. The number of terminal acetylenes is 1. The number of benzene rings is 1. The van der Waals surface area contributed by atoms with Crippen LogP contribution in [-0.4, -0.2) is 41.9 Å². The third-order valence-corrected chi connectivity index (χ3v) is 5.68. The number of hydrogen-bond acceptors (Lipinski definition) is 2. The number of hydrogen-bond donors (Lipinski definition) is 0. The first-order valence-corrected chi connectivity index (χ1v) is 10.1. The Morgan fingerprint density at radius 1 is 1.25 bits per heavy atom. The molecule has 1 saturated heterocycles. The van der Waals surface area contributed by atoms with Crippen molar-refractivity contribution in [3.8, 4) is 12.3 Å². The monoisotopic (exact) mass is 420 g/mol. The molecular weight excluding hydrogens is 398 g/mol. The summed E-state index contributed by atoms with van der Waals surface area (Å²) in [5.41, 5.74) is 2.33. The SMILES string of the molecule is C#C/C(C)=C(\C=C(/C)Cl)N1CCN(C(=O)[C@H]2C[C@H]2c2ccc(Cl)cc2F)CC1. The number of allylic oxidation sites excluding steroid dienone is 3. The zero-order valence-corrected chi connectivity index (χ0v) is 17.5. The number of rotatable bonds is 4. The Balaban J connectivity index is 1.62. The first-order valence-electron chi connectivity index (χ1n) is 9.31. The lowest BCUT2D eigenvalue weighted by Crippen LogP contribution is -2.48. The van der Waals surface area contributed by atoms with E-state index in [1.54, 1.807) is 12.1 Å². The standard InChI is InChI=1S/C22H23Cl2FN2O/c1-4-14(2)21(11-15(3)23)26-7-9-27(10-8-26)22(28)19-13-18(19)17-6-5-16(24)12-20(17)25/h1,5-6,11-12,18-19H,7-10,13H2,2-3H3/b15-11+,21-14+/t18-,19-/m0/s1. The fraction of sp³-hybridized carbons (Fsp3) is 0.409. The smallest absolute Gasteiger partial charge is 0.226 e. The van der Waals surface area contributed by atoms with Crippen molar-refractivity contribution in [3.05, 3.63) is 57.0 Å². The summed E-state index contributed by atoms with van der Waals surface area (Å²) in [5, 5.41) is 1.03. The van der Waals surface area contributed by atoms with Crippen LogP contribution in [0.1, 0.15) is 31.7 Å². The Bertz CT molecular complexity index is 875. The Morgan fingerprint density at radius 3 is 2.46 bits per heavy atom. The highest BCUT2D eigenvalue weighted by Crippen LogP contribution is 2.49. The van der Waals surface area contributed by atoms with Crippen molar-refractivity contribution >= 4 is 29.1 Å². The Kier molecular flexibility index (Phi) is 6.37. The van der Waals surface area contributed by atoms with Gasteiger partial charge < -0.3 is 9.80 Å². The number of carbonyl (C=O) groups excluding carboxylic acids is 1. The van der Waals surface area contributed by atoms with Gasteiger partial charge >= 0.3 is 0 Å². The van der Waals surface area contributed by atoms with E-state index in [0.717, 1.165) is 11.3 Å². The molecule has 2 aliphatic rings. The van der Waals surface area contributed by atoms with E-state index in [1.807, 2.05) is 24.8 Å². The number of piperazine rings is 1. The van der Waals surface area contributed by atoms with Crippen LogP contribution >= 0.6 is 23.2 Å². The van der Waals surface area contributed by atoms with E-state index in [-0.39, 0.29) is 23.6 Å². The highest BCUT2D eigenvalue weighted by Gasteiger charge is 2.47. The maximum absolute atomic E-state index is 14.1. The summed E-state index contributed by atoms with van der Waals surface area (Å²) >= 11 is 11.9. The van der Waals surface area contributed by atoms with Crippen LogP contribution in [0.5, 0.6) is 0 Å². The van der Waals surface area contributed by atoms with Crippen LogP contribution in [0, 0.1) is 24.1 Å². The first kappa shape index (κ1) is 20.8. The average molecular weight is 421 g/mol. The van der Waals surface area contributed by atoms with Gasteiger partial charge in [-0.3, -0.25) is 4.79 Å². The second-order valence-corrected chi connectivity index (χ2v) is 8.35. The van der Waals surface area contributed by atoms with Crippen LogP contribution in [0.4, 0.5) is 4.39 Å². The zero-order valence-electron chi connectivity index (χ0n) is 16.0. The van der Waals surface area contributed by atoms with Gasteiger partial charge in [0.2, 0.25) is 5.91 Å². The quantitative estimate of drug-likeness (QED) is 0.516. The van der Waals surface area contributed by atoms with Crippen molar-refractivity contribution < 1.29 is 9.18 Å². The molecule has 2 atom stereocenters. The van der Waals surface area contributed by atoms with Gasteiger partial charge in [-0.25, -0.2) is 4.39 Å². The third kappa shape index (κ3) is 4.54. The van der Waals surface area contributed by atoms with E-state index in [4.69, 9.17) is 29.6 Å². The van der Waals surface area contributed by atoms with Crippen LogP contribution in [-0.2, 0) is 4.79 Å². The summed E-state index contributed by atoms with van der Waals surface area (Å²) in [4.78, 5) is 16.9. The molecule has 1 aliphatic carbocycles. The minimum Gasteiger partial charge on any atom is -0.367 e. The molecule has 1 aromatic carbocycles. The van der Waals surface area contributed by atoms with Gasteiger partial charge in [-0.1, -0.05) is 35.2 Å². The second kappa shape index (κ2) is 8.59. The fourth-order valence-electron chi connectivity index (χ4n) is 3.72. The van der Waals surface area contributed by atoms with Crippen LogP contribution in [0.2, 0.25) is 5.02 Å². The molecule has 0 aromatic heterocycles. The normalized spacial score (nSPS) is 23.2. The lowest BCUT2D eigenvalue weighted by atomic mass is 10.1. The number of amides is 1. The molecule has 2 fully saturated rings. The molecule has 0 radical (unpaired) electrons. The van der Waals surface area contributed by atoms with Crippen LogP contribution in [0.25, 0.3) is 0 Å². The largest absolute Gasteiger partial charge is 0.367 e. The second-order valence-electron chi connectivity index (χ2n) is 7.31. The molecule has 148 valence electrons. The molecule has 6 heteroatoms. The van der Waals surface area contributed by atoms with Crippen molar-refractivity contribution in [2.75, 3.05) is 26.2 Å². The molecule has 1 heterocycles. The molecule has 3 nitrogen and oxygen atoms in total. The molecule has 0 N–H and O–H groups in total. The zero-order chi connectivity index (χ0) is 20.4. The Labute approximate surface area is 175 Å². The minimum absolute atomic E-state index is 0.0521. The molecular formula is C22H23Cl2FN2O. The van der Waals surface area contributed by atoms with Gasteiger partial charge in [0.05, 0.1) is 0 Å². The van der Waals surface area contributed by atoms with Crippen molar-refractivity contribution in [2.45, 2.75) is 26.2 Å². The number of carbonyl (C=O) groups is 1. The van der Waals surface area contributed by atoms with Crippen molar-refractivity contribution in [1.29, 1.82) is 0 Å². The first-order chi connectivity index (χ1) is 13.3. The van der Waals surface area contributed by atoms with E-state index in [0.29, 0.717) is 48.2 Å². The predicted octanol–water partition coefficient (Wildman–Crippen LogP) is 4.78. The van der Waals surface area contributed by atoms with Crippen molar-refractivity contribution in [3.63, 3.8) is 0 Å². The number of halogens is 3. The molecule has 3 rings (SSSR count). The van der Waals surface area contributed by atoms with Crippen LogP contribution in [0.15, 0.2) is 40.6 Å². The average Bonchev–Trinajstić information content (AvgIpc) is 3.45. The molecule has 0 unspecified atom stereocenters. The summed E-state index contributed by atoms with van der Waals surface area (Å²) in [6, 6.07) is 4.67. The summed E-state index contributed by atoms with van der Waals surface area (Å²) in [7, 11) is 0. The van der Waals surface area contributed by atoms with E-state index in [1.165, 1.54) is 6.07 Å². The van der Waals surface area contributed by atoms with Crippen molar-refractivity contribution in [2.24, 2.45) is 5.92 Å². The van der Waals surface area contributed by atoms with Gasteiger partial charge in [0, 0.05) is 53.4 Å². The van der Waals surface area contributed by atoms with Gasteiger partial charge in [0.15, 0.2) is 0 Å². The number of nitrogens with zero attached hydrogens (tertiary/aromatic N) is 2. The molecule has 1 aromatic rings. The Hall–Kier alpha value is -1.96. The summed E-state index contributed by atoms with van der Waals surface area (Å²) in [6.45, 7) is 6.30. The highest BCUT2D eigenvalue weighted by molar-refractivity contribution is 6.30. The van der Waals surface area contributed by atoms with E-state index < -0.39 is 0 Å². The van der Waals surface area contributed by atoms with Crippen molar-refractivity contribution in [1.82, 2.24) is 9.80 Å². The van der Waals surface area contributed by atoms with Crippen LogP contribution in [0.3, 0.4) is 0 Å². The van der Waals surface area contributed by atoms with E-state index in [2.05, 4.69) is 10.8 Å². The van der Waals surface area contributed by atoms with Gasteiger partial charge in [-0.2, -0.15) is 0 Å². The topological polar surface area (TPSA) is 23.6 Å². The molecule has 0 bridgehead atoms. The van der Waals surface area contributed by atoms with Gasteiger partial charge in [-0.15, -0.1) is 6.42 Å². The summed E-state index contributed by atoms with van der Waals surface area (Å²) in [6.07, 6.45) is 8.12. The van der Waals surface area contributed by atoms with Gasteiger partial charge in [-0.05, 0) is 50.0 Å². The van der Waals surface area contributed by atoms with Crippen LogP contribution < -0.4 is 0 Å². The van der Waals surface area contributed by atoms with E-state index >= 15 is 0 Å². The maximum atomic E-state index is 14.1. The molecule has 1 saturated carbocycles. The molecule has 0 spiro atoms. The Morgan fingerprint density at radius 2 is 1.89 bits per heavy atom. The fourth-order valence-corrected chi connectivity index (χ4v) is 3.98. The van der Waals surface area contributed by atoms with Gasteiger partial charge in [0.25, 0.3) is 0 Å².